The molecule has 0 saturated heterocycles. The molecule has 0 aliphatic carbocycles. The number of allylic oxidation sites excluding steroid dienone is 1. The normalized spacial score (nSPS) is 12.4. The van der Waals surface area contributed by atoms with Crippen molar-refractivity contribution < 1.29 is 39.2 Å². The Labute approximate surface area is 134 Å². The van der Waals surface area contributed by atoms with Gasteiger partial charge >= 0.3 is 23.9 Å². The fraction of sp³-hybridized carbons (Fsp3) is 0.467. The standard InChI is InChI=1S/C11H16O6.C4H6O2/c1-3-9(14)17-6-4-5-11(2,10(15)16)7-8(12)13;1-2-3-4(5)6/h3H,1,4-7H2,2H3,(H,12,13)(H,15,16);2-3H,1H3,(H,5,6). The van der Waals surface area contributed by atoms with Gasteiger partial charge in [-0.05, 0) is 26.7 Å². The minimum absolute atomic E-state index is 0.0490. The van der Waals surface area contributed by atoms with Gasteiger partial charge in [0.15, 0.2) is 0 Å². The van der Waals surface area contributed by atoms with Crippen LogP contribution in [0.4, 0.5) is 0 Å². The molecule has 0 radical (unpaired) electrons. The van der Waals surface area contributed by atoms with Crippen molar-refractivity contribution in [2.24, 2.45) is 5.41 Å². The minimum atomic E-state index is -1.34. The van der Waals surface area contributed by atoms with Crippen LogP contribution in [0, 0.1) is 5.41 Å². The third-order valence-corrected chi connectivity index (χ3v) is 2.65. The van der Waals surface area contributed by atoms with E-state index in [1.807, 2.05) is 0 Å². The fourth-order valence-corrected chi connectivity index (χ4v) is 1.44. The van der Waals surface area contributed by atoms with Gasteiger partial charge in [0.2, 0.25) is 0 Å². The molecule has 0 aromatic rings. The van der Waals surface area contributed by atoms with E-state index in [1.165, 1.54) is 13.0 Å². The van der Waals surface area contributed by atoms with Gasteiger partial charge in [-0.1, -0.05) is 12.7 Å². The van der Waals surface area contributed by atoms with Gasteiger partial charge in [0.05, 0.1) is 18.4 Å². The number of carboxylic acid groups (broad SMARTS) is 3. The molecule has 8 nitrogen and oxygen atoms in total. The van der Waals surface area contributed by atoms with Crippen LogP contribution in [0.25, 0.3) is 0 Å². The Bertz CT molecular complexity index is 466. The van der Waals surface area contributed by atoms with Crippen molar-refractivity contribution in [1.29, 1.82) is 0 Å². The molecule has 0 fully saturated rings. The first kappa shape index (κ1) is 22.6. The van der Waals surface area contributed by atoms with Crippen molar-refractivity contribution in [3.63, 3.8) is 0 Å². The average molecular weight is 330 g/mol. The zero-order valence-electron chi connectivity index (χ0n) is 13.2. The number of hydrogen-bond acceptors (Lipinski definition) is 5. The highest BCUT2D eigenvalue weighted by atomic mass is 16.5. The van der Waals surface area contributed by atoms with E-state index in [2.05, 4.69) is 11.3 Å². The minimum Gasteiger partial charge on any atom is -0.481 e. The third kappa shape index (κ3) is 12.8. The Morgan fingerprint density at radius 1 is 1.17 bits per heavy atom. The predicted octanol–water partition coefficient (Wildman–Crippen LogP) is 1.71. The van der Waals surface area contributed by atoms with Crippen LogP contribution in [0.2, 0.25) is 0 Å². The smallest absolute Gasteiger partial charge is 0.330 e. The zero-order valence-corrected chi connectivity index (χ0v) is 13.2. The maximum atomic E-state index is 11.0. The third-order valence-electron chi connectivity index (χ3n) is 2.65. The number of carbonyl (C=O) groups is 4. The van der Waals surface area contributed by atoms with Crippen LogP contribution in [0.3, 0.4) is 0 Å². The van der Waals surface area contributed by atoms with E-state index in [1.54, 1.807) is 6.92 Å². The topological polar surface area (TPSA) is 138 Å². The van der Waals surface area contributed by atoms with Gasteiger partial charge in [-0.15, -0.1) is 0 Å². The molecule has 23 heavy (non-hydrogen) atoms. The highest BCUT2D eigenvalue weighted by Gasteiger charge is 2.35. The Hall–Kier alpha value is -2.64. The first-order chi connectivity index (χ1) is 10.6. The van der Waals surface area contributed by atoms with Crippen molar-refractivity contribution >= 4 is 23.9 Å². The first-order valence-electron chi connectivity index (χ1n) is 6.69. The Kier molecular flexibility index (Phi) is 11.8. The number of hydrogen-bond donors (Lipinski definition) is 3. The molecular formula is C15H22O8. The number of esters is 1. The van der Waals surface area contributed by atoms with Crippen LogP contribution in [0.5, 0.6) is 0 Å². The molecule has 0 bridgehead atoms. The van der Waals surface area contributed by atoms with Crippen molar-refractivity contribution in [2.45, 2.75) is 33.1 Å². The molecule has 0 spiro atoms. The summed E-state index contributed by atoms with van der Waals surface area (Å²) in [5, 5.41) is 25.4. The summed E-state index contributed by atoms with van der Waals surface area (Å²) in [6.07, 6.45) is 3.52. The zero-order chi connectivity index (χ0) is 18.5. The van der Waals surface area contributed by atoms with Gasteiger partial charge in [0.1, 0.15) is 0 Å². The second kappa shape index (κ2) is 12.0. The lowest BCUT2D eigenvalue weighted by Crippen LogP contribution is -2.30. The SMILES string of the molecule is C=CC(=O)OCCCC(C)(CC(=O)O)C(=O)O.CC=CC(=O)O. The van der Waals surface area contributed by atoms with Crippen molar-refractivity contribution in [3.8, 4) is 0 Å². The fourth-order valence-electron chi connectivity index (χ4n) is 1.44. The van der Waals surface area contributed by atoms with E-state index in [0.717, 1.165) is 12.2 Å². The molecular weight excluding hydrogens is 308 g/mol. The van der Waals surface area contributed by atoms with Crippen LogP contribution < -0.4 is 0 Å². The number of aliphatic carboxylic acids is 3. The molecule has 1 atom stereocenters. The van der Waals surface area contributed by atoms with E-state index >= 15 is 0 Å². The second-order valence-electron chi connectivity index (χ2n) is 4.75. The highest BCUT2D eigenvalue weighted by Crippen LogP contribution is 2.28. The van der Waals surface area contributed by atoms with Crippen LogP contribution >= 0.6 is 0 Å². The second-order valence-corrected chi connectivity index (χ2v) is 4.75. The van der Waals surface area contributed by atoms with E-state index in [-0.39, 0.29) is 19.4 Å². The highest BCUT2D eigenvalue weighted by molar-refractivity contribution is 5.81. The van der Waals surface area contributed by atoms with Crippen LogP contribution in [-0.4, -0.2) is 45.8 Å². The molecule has 130 valence electrons. The molecule has 0 saturated carbocycles. The van der Waals surface area contributed by atoms with Crippen LogP contribution in [-0.2, 0) is 23.9 Å². The Morgan fingerprint density at radius 3 is 2.04 bits per heavy atom. The number of rotatable bonds is 9. The Morgan fingerprint density at radius 2 is 1.74 bits per heavy atom. The summed E-state index contributed by atoms with van der Waals surface area (Å²) in [6.45, 7) is 6.28. The summed E-state index contributed by atoms with van der Waals surface area (Å²) in [5.41, 5.74) is -1.34. The quantitative estimate of drug-likeness (QED) is 0.330. The van der Waals surface area contributed by atoms with Crippen molar-refractivity contribution in [1.82, 2.24) is 0 Å². The van der Waals surface area contributed by atoms with E-state index < -0.39 is 35.7 Å². The largest absolute Gasteiger partial charge is 0.481 e. The lowest BCUT2D eigenvalue weighted by Gasteiger charge is -2.22. The van der Waals surface area contributed by atoms with Crippen LogP contribution in [0.15, 0.2) is 24.8 Å². The van der Waals surface area contributed by atoms with E-state index in [0.29, 0.717) is 0 Å². The lowest BCUT2D eigenvalue weighted by molar-refractivity contribution is -0.155. The molecule has 0 aliphatic rings. The Balaban J connectivity index is 0. The lowest BCUT2D eigenvalue weighted by atomic mass is 9.82. The maximum Gasteiger partial charge on any atom is 0.330 e. The molecule has 0 aromatic carbocycles. The summed E-state index contributed by atoms with van der Waals surface area (Å²) in [5.74, 6) is -3.81. The van der Waals surface area contributed by atoms with Gasteiger partial charge in [-0.25, -0.2) is 9.59 Å². The summed E-state index contributed by atoms with van der Waals surface area (Å²) in [7, 11) is 0. The van der Waals surface area contributed by atoms with Gasteiger partial charge in [0, 0.05) is 12.2 Å². The maximum absolute atomic E-state index is 11.0. The van der Waals surface area contributed by atoms with Crippen molar-refractivity contribution in [3.05, 3.63) is 24.8 Å². The monoisotopic (exact) mass is 330 g/mol. The first-order valence-corrected chi connectivity index (χ1v) is 6.69. The van der Waals surface area contributed by atoms with Crippen LogP contribution in [0.1, 0.15) is 33.1 Å². The number of carboxylic acids is 3. The summed E-state index contributed by atoms with van der Waals surface area (Å²) in [6, 6.07) is 0. The van der Waals surface area contributed by atoms with Gasteiger partial charge in [0.25, 0.3) is 0 Å². The summed E-state index contributed by atoms with van der Waals surface area (Å²) < 4.78 is 4.67. The average Bonchev–Trinajstić information content (AvgIpc) is 2.42. The molecule has 0 aliphatic heterocycles. The summed E-state index contributed by atoms with van der Waals surface area (Å²) >= 11 is 0. The molecule has 0 aromatic heterocycles. The molecule has 1 unspecified atom stereocenters. The molecule has 0 rings (SSSR count). The number of carbonyl (C=O) groups excluding carboxylic acids is 1. The number of ether oxygens (including phenoxy) is 1. The molecule has 3 N–H and O–H groups in total. The van der Waals surface area contributed by atoms with Crippen molar-refractivity contribution in [2.75, 3.05) is 6.61 Å². The summed E-state index contributed by atoms with van der Waals surface area (Å²) in [4.78, 5) is 41.7. The van der Waals surface area contributed by atoms with E-state index in [9.17, 15) is 19.2 Å². The van der Waals surface area contributed by atoms with Gasteiger partial charge in [-0.3, -0.25) is 9.59 Å². The molecule has 0 heterocycles. The van der Waals surface area contributed by atoms with Gasteiger partial charge < -0.3 is 20.1 Å². The molecule has 8 heteroatoms. The van der Waals surface area contributed by atoms with Gasteiger partial charge in [-0.2, -0.15) is 0 Å². The molecule has 0 amide bonds. The predicted molar refractivity (Wildman–Crippen MR) is 80.8 cm³/mol. The van der Waals surface area contributed by atoms with E-state index in [4.69, 9.17) is 15.3 Å².